The maximum Gasteiger partial charge on any atom is 0.272 e. The van der Waals surface area contributed by atoms with Crippen LogP contribution in [-0.2, 0) is 0 Å². The molecule has 0 spiro atoms. The quantitative estimate of drug-likeness (QED) is 0.205. The molecular weight excluding hydrogens is 424 g/mol. The highest BCUT2D eigenvalue weighted by molar-refractivity contribution is 6.33. The van der Waals surface area contributed by atoms with E-state index in [1.54, 1.807) is 30.3 Å². The second-order valence-electron chi connectivity index (χ2n) is 7.12. The van der Waals surface area contributed by atoms with Crippen molar-refractivity contribution in [1.82, 2.24) is 5.43 Å². The van der Waals surface area contributed by atoms with E-state index < -0.39 is 5.91 Å². The molecular formula is C25H19ClN4O2. The first-order chi connectivity index (χ1) is 15.5. The molecule has 0 fully saturated rings. The Balaban J connectivity index is 1.51. The van der Waals surface area contributed by atoms with E-state index in [-0.39, 0.29) is 5.75 Å². The van der Waals surface area contributed by atoms with Gasteiger partial charge in [-0.25, -0.2) is 5.43 Å². The molecule has 1 amide bonds. The van der Waals surface area contributed by atoms with Crippen LogP contribution >= 0.6 is 11.6 Å². The van der Waals surface area contributed by atoms with Crippen molar-refractivity contribution in [1.29, 1.82) is 0 Å². The number of aromatic hydroxyl groups is 1. The Hall–Kier alpha value is -4.03. The van der Waals surface area contributed by atoms with E-state index in [1.165, 1.54) is 12.3 Å². The summed E-state index contributed by atoms with van der Waals surface area (Å²) in [6.45, 7) is 1.89. The molecule has 0 radical (unpaired) electrons. The zero-order valence-corrected chi connectivity index (χ0v) is 17.9. The molecule has 0 unspecified atom stereocenters. The van der Waals surface area contributed by atoms with Crippen molar-refractivity contribution in [2.45, 2.75) is 6.92 Å². The highest BCUT2D eigenvalue weighted by Gasteiger charge is 2.09. The van der Waals surface area contributed by atoms with Gasteiger partial charge in [-0.3, -0.25) is 4.79 Å². The largest absolute Gasteiger partial charge is 0.507 e. The van der Waals surface area contributed by atoms with Gasteiger partial charge in [-0.15, -0.1) is 5.11 Å². The predicted molar refractivity (Wildman–Crippen MR) is 127 cm³/mol. The van der Waals surface area contributed by atoms with Crippen LogP contribution in [-0.4, -0.2) is 17.2 Å². The minimum absolute atomic E-state index is 0.000443. The number of nitrogens with zero attached hydrogens (tertiary/aromatic N) is 3. The predicted octanol–water partition coefficient (Wildman–Crippen LogP) is 6.69. The van der Waals surface area contributed by atoms with Crippen LogP contribution in [0.1, 0.15) is 21.5 Å². The van der Waals surface area contributed by atoms with Crippen molar-refractivity contribution in [3.8, 4) is 5.75 Å². The third kappa shape index (κ3) is 4.82. The summed E-state index contributed by atoms with van der Waals surface area (Å²) >= 11 is 6.11. The van der Waals surface area contributed by atoms with Gasteiger partial charge in [0.15, 0.2) is 0 Å². The molecule has 158 valence electrons. The van der Waals surface area contributed by atoms with Crippen LogP contribution in [0, 0.1) is 6.92 Å². The van der Waals surface area contributed by atoms with E-state index in [0.29, 0.717) is 21.8 Å². The summed E-state index contributed by atoms with van der Waals surface area (Å²) in [4.78, 5) is 12.3. The fraction of sp³-hybridized carbons (Fsp3) is 0.0400. The van der Waals surface area contributed by atoms with Gasteiger partial charge in [0.05, 0.1) is 28.2 Å². The lowest BCUT2D eigenvalue weighted by Crippen LogP contribution is -2.18. The van der Waals surface area contributed by atoms with Gasteiger partial charge < -0.3 is 5.11 Å². The Bertz CT molecular complexity index is 1360. The molecule has 0 aliphatic heterocycles. The number of hydrogen-bond acceptors (Lipinski definition) is 5. The van der Waals surface area contributed by atoms with Crippen LogP contribution in [0.15, 0.2) is 94.2 Å². The number of aryl methyl sites for hydroxylation is 1. The minimum atomic E-state index is -0.447. The lowest BCUT2D eigenvalue weighted by atomic mass is 10.1. The zero-order chi connectivity index (χ0) is 22.5. The van der Waals surface area contributed by atoms with Gasteiger partial charge in [0.2, 0.25) is 0 Å². The number of benzene rings is 4. The van der Waals surface area contributed by atoms with E-state index in [1.807, 2.05) is 49.4 Å². The van der Waals surface area contributed by atoms with E-state index >= 15 is 0 Å². The van der Waals surface area contributed by atoms with Gasteiger partial charge in [-0.05, 0) is 54.3 Å². The summed E-state index contributed by atoms with van der Waals surface area (Å²) < 4.78 is 0. The number of nitrogens with one attached hydrogen (secondary N) is 1. The molecule has 0 saturated carbocycles. The number of halogens is 1. The Labute approximate surface area is 189 Å². The molecule has 0 aromatic heterocycles. The van der Waals surface area contributed by atoms with Gasteiger partial charge in [-0.2, -0.15) is 10.2 Å². The number of phenolic OH excluding ortho intramolecular Hbond substituents is 1. The molecule has 0 bridgehead atoms. The normalized spacial score (nSPS) is 11.4. The van der Waals surface area contributed by atoms with Crippen LogP contribution in [0.2, 0.25) is 5.02 Å². The van der Waals surface area contributed by atoms with Gasteiger partial charge >= 0.3 is 0 Å². The number of hydrazone groups is 1. The number of fused-ring (bicyclic) bond motifs is 1. The Morgan fingerprint density at radius 2 is 1.78 bits per heavy atom. The molecule has 4 aromatic carbocycles. The van der Waals surface area contributed by atoms with Gasteiger partial charge in [-0.1, -0.05) is 54.1 Å². The number of azo groups is 1. The second-order valence-corrected chi connectivity index (χ2v) is 7.53. The molecule has 2 N–H and O–H groups in total. The van der Waals surface area contributed by atoms with Crippen molar-refractivity contribution in [2.24, 2.45) is 15.3 Å². The molecule has 7 heteroatoms. The molecule has 4 aromatic rings. The number of phenols is 1. The average Bonchev–Trinajstić information content (AvgIpc) is 2.79. The number of rotatable bonds is 5. The first-order valence-corrected chi connectivity index (χ1v) is 10.2. The van der Waals surface area contributed by atoms with E-state index in [0.717, 1.165) is 22.0 Å². The summed E-state index contributed by atoms with van der Waals surface area (Å²) in [5.41, 5.74) is 5.34. The lowest BCUT2D eigenvalue weighted by Gasteiger charge is -2.04. The highest BCUT2D eigenvalue weighted by atomic mass is 35.5. The van der Waals surface area contributed by atoms with E-state index in [9.17, 15) is 9.90 Å². The summed E-state index contributed by atoms with van der Waals surface area (Å²) in [6, 6.07) is 23.7. The van der Waals surface area contributed by atoms with Crippen LogP contribution in [0.4, 0.5) is 11.4 Å². The van der Waals surface area contributed by atoms with E-state index in [2.05, 4.69) is 20.8 Å². The third-order valence-corrected chi connectivity index (χ3v) is 5.10. The minimum Gasteiger partial charge on any atom is -0.507 e. The van der Waals surface area contributed by atoms with E-state index in [4.69, 9.17) is 11.6 Å². The zero-order valence-electron chi connectivity index (χ0n) is 17.2. The van der Waals surface area contributed by atoms with Gasteiger partial charge in [0, 0.05) is 10.9 Å². The fourth-order valence-corrected chi connectivity index (χ4v) is 3.46. The summed E-state index contributed by atoms with van der Waals surface area (Å²) in [6.07, 6.45) is 1.34. The number of carbonyl (C=O) groups is 1. The SMILES string of the molecule is Cc1ccc(C(=O)N/N=C\c2cc(N=Nc3cccc4ccccc34)ccc2O)c(Cl)c1. The van der Waals surface area contributed by atoms with Gasteiger partial charge in [0.25, 0.3) is 5.91 Å². The Morgan fingerprint density at radius 3 is 2.62 bits per heavy atom. The fourth-order valence-electron chi connectivity index (χ4n) is 3.14. The number of amides is 1. The monoisotopic (exact) mass is 442 g/mol. The summed E-state index contributed by atoms with van der Waals surface area (Å²) in [7, 11) is 0. The first kappa shape index (κ1) is 21.2. The topological polar surface area (TPSA) is 86.4 Å². The van der Waals surface area contributed by atoms with Gasteiger partial charge in [0.1, 0.15) is 5.75 Å². The molecule has 0 atom stereocenters. The third-order valence-electron chi connectivity index (χ3n) is 4.79. The second kappa shape index (κ2) is 9.41. The van der Waals surface area contributed by atoms with Crippen molar-refractivity contribution in [3.05, 3.63) is 101 Å². The Kier molecular flexibility index (Phi) is 6.24. The maximum atomic E-state index is 12.3. The maximum absolute atomic E-state index is 12.3. The highest BCUT2D eigenvalue weighted by Crippen LogP contribution is 2.28. The lowest BCUT2D eigenvalue weighted by molar-refractivity contribution is 0.0955. The van der Waals surface area contributed by atoms with Crippen LogP contribution in [0.3, 0.4) is 0 Å². The molecule has 0 aliphatic carbocycles. The van der Waals surface area contributed by atoms with Crippen molar-refractivity contribution < 1.29 is 9.90 Å². The molecule has 32 heavy (non-hydrogen) atoms. The summed E-state index contributed by atoms with van der Waals surface area (Å²) in [5.74, 6) is -0.446. The molecule has 0 heterocycles. The number of carbonyl (C=O) groups excluding carboxylic acids is 1. The number of hydrogen-bond donors (Lipinski definition) is 2. The van der Waals surface area contributed by atoms with Crippen molar-refractivity contribution >= 4 is 45.9 Å². The van der Waals surface area contributed by atoms with Crippen molar-refractivity contribution in [3.63, 3.8) is 0 Å². The molecule has 0 aliphatic rings. The molecule has 6 nitrogen and oxygen atoms in total. The van der Waals surface area contributed by atoms with Crippen LogP contribution in [0.5, 0.6) is 5.75 Å². The molecule has 0 saturated heterocycles. The smallest absolute Gasteiger partial charge is 0.272 e. The Morgan fingerprint density at radius 1 is 0.969 bits per heavy atom. The standard InChI is InChI=1S/C25H19ClN4O2/c1-16-9-11-21(22(26)13-16)25(32)30-27-15-18-14-19(10-12-24(18)31)28-29-23-8-4-6-17-5-2-3-7-20(17)23/h2-15,31H,1H3,(H,30,32)/b27-15-,29-28?. The van der Waals surface area contributed by atoms with Crippen LogP contribution < -0.4 is 5.43 Å². The summed E-state index contributed by atoms with van der Waals surface area (Å²) in [5, 5.41) is 25.1. The van der Waals surface area contributed by atoms with Crippen LogP contribution in [0.25, 0.3) is 10.8 Å². The van der Waals surface area contributed by atoms with Crippen molar-refractivity contribution in [2.75, 3.05) is 0 Å². The average molecular weight is 443 g/mol. The first-order valence-electron chi connectivity index (χ1n) is 9.83. The molecule has 4 rings (SSSR count).